The Bertz CT molecular complexity index is 855. The van der Waals surface area contributed by atoms with Crippen molar-refractivity contribution in [1.82, 2.24) is 4.90 Å². The van der Waals surface area contributed by atoms with E-state index >= 15 is 0 Å². The van der Waals surface area contributed by atoms with Gasteiger partial charge in [-0.3, -0.25) is 4.79 Å². The number of hydrogen-bond acceptors (Lipinski definition) is 3. The molecule has 28 heavy (non-hydrogen) atoms. The Balaban J connectivity index is 1.32. The minimum atomic E-state index is 0.289. The van der Waals surface area contributed by atoms with Crippen LogP contribution in [0.3, 0.4) is 0 Å². The number of anilines is 2. The van der Waals surface area contributed by atoms with Crippen LogP contribution in [-0.2, 0) is 11.2 Å². The number of carbonyl (C=O) groups excluding carboxylic acids is 1. The first-order chi connectivity index (χ1) is 13.5. The van der Waals surface area contributed by atoms with Gasteiger partial charge in [0.15, 0.2) is 0 Å². The molecule has 2 aliphatic heterocycles. The van der Waals surface area contributed by atoms with Gasteiger partial charge in [0.05, 0.1) is 0 Å². The van der Waals surface area contributed by atoms with Crippen molar-refractivity contribution < 1.29 is 4.79 Å². The quantitative estimate of drug-likeness (QED) is 0.811. The highest BCUT2D eigenvalue weighted by Crippen LogP contribution is 2.31. The van der Waals surface area contributed by atoms with Crippen LogP contribution in [0.15, 0.2) is 42.5 Å². The minimum absolute atomic E-state index is 0.289. The fourth-order valence-electron chi connectivity index (χ4n) is 4.62. The molecule has 2 heterocycles. The Hall–Kier alpha value is -2.49. The van der Waals surface area contributed by atoms with E-state index in [4.69, 9.17) is 0 Å². The van der Waals surface area contributed by atoms with Gasteiger partial charge in [-0.1, -0.05) is 30.3 Å². The number of fused-ring (bicyclic) bond motifs is 1. The van der Waals surface area contributed by atoms with Gasteiger partial charge >= 0.3 is 0 Å². The van der Waals surface area contributed by atoms with E-state index < -0.39 is 0 Å². The number of amides is 1. The summed E-state index contributed by atoms with van der Waals surface area (Å²) in [6.07, 6.45) is 1.68. The molecule has 2 aromatic carbocycles. The molecule has 2 aromatic rings. The van der Waals surface area contributed by atoms with Gasteiger partial charge in [0, 0.05) is 56.6 Å². The molecule has 0 spiro atoms. The van der Waals surface area contributed by atoms with Crippen molar-refractivity contribution in [1.29, 1.82) is 0 Å². The van der Waals surface area contributed by atoms with Gasteiger partial charge in [-0.2, -0.15) is 0 Å². The molecular formula is C24H31N3O. The van der Waals surface area contributed by atoms with Gasteiger partial charge < -0.3 is 14.7 Å². The van der Waals surface area contributed by atoms with E-state index in [0.717, 1.165) is 39.1 Å². The van der Waals surface area contributed by atoms with Crippen LogP contribution in [-0.4, -0.2) is 49.6 Å². The van der Waals surface area contributed by atoms with Crippen molar-refractivity contribution >= 4 is 17.3 Å². The summed E-state index contributed by atoms with van der Waals surface area (Å²) in [6.45, 7) is 10.9. The Kier molecular flexibility index (Phi) is 5.29. The lowest BCUT2D eigenvalue weighted by molar-refractivity contribution is -0.131. The van der Waals surface area contributed by atoms with Crippen LogP contribution in [0.5, 0.6) is 0 Å². The van der Waals surface area contributed by atoms with Crippen LogP contribution in [0.2, 0.25) is 0 Å². The van der Waals surface area contributed by atoms with Gasteiger partial charge in [0.2, 0.25) is 5.91 Å². The third kappa shape index (κ3) is 3.60. The molecule has 1 atom stereocenters. The average Bonchev–Trinajstić information content (AvgIpc) is 3.03. The summed E-state index contributed by atoms with van der Waals surface area (Å²) < 4.78 is 0. The predicted molar refractivity (Wildman–Crippen MR) is 116 cm³/mol. The van der Waals surface area contributed by atoms with E-state index in [1.165, 1.54) is 28.1 Å². The highest BCUT2D eigenvalue weighted by Gasteiger charge is 2.27. The number of benzene rings is 2. The van der Waals surface area contributed by atoms with E-state index in [0.29, 0.717) is 12.5 Å². The van der Waals surface area contributed by atoms with Crippen molar-refractivity contribution in [3.8, 4) is 0 Å². The largest absolute Gasteiger partial charge is 0.368 e. The monoisotopic (exact) mass is 377 g/mol. The van der Waals surface area contributed by atoms with E-state index in [-0.39, 0.29) is 5.91 Å². The van der Waals surface area contributed by atoms with Crippen LogP contribution in [0.4, 0.5) is 11.4 Å². The molecule has 1 saturated heterocycles. The van der Waals surface area contributed by atoms with Crippen LogP contribution >= 0.6 is 0 Å². The molecule has 4 rings (SSSR count). The first-order valence-corrected chi connectivity index (χ1v) is 10.5. The van der Waals surface area contributed by atoms with Crippen LogP contribution in [0.1, 0.15) is 30.0 Å². The molecule has 0 bridgehead atoms. The molecule has 0 saturated carbocycles. The normalized spacial score (nSPS) is 19.1. The lowest BCUT2D eigenvalue weighted by Crippen LogP contribution is -2.49. The summed E-state index contributed by atoms with van der Waals surface area (Å²) in [6, 6.07) is 15.6. The second kappa shape index (κ2) is 7.86. The van der Waals surface area contributed by atoms with Gasteiger partial charge in [0.1, 0.15) is 0 Å². The second-order valence-electron chi connectivity index (χ2n) is 8.21. The SMILES string of the molecule is Cc1cccc(N2CCN(C(=O)CCN3c4ccccc4CC3C)CC2)c1C. The lowest BCUT2D eigenvalue weighted by atomic mass is 10.1. The van der Waals surface area contributed by atoms with Crippen LogP contribution in [0.25, 0.3) is 0 Å². The van der Waals surface area contributed by atoms with Gasteiger partial charge in [0.25, 0.3) is 0 Å². The Morgan fingerprint density at radius 2 is 1.68 bits per heavy atom. The highest BCUT2D eigenvalue weighted by atomic mass is 16.2. The molecule has 1 unspecified atom stereocenters. The molecule has 0 radical (unpaired) electrons. The van der Waals surface area contributed by atoms with Gasteiger partial charge in [-0.25, -0.2) is 0 Å². The lowest BCUT2D eigenvalue weighted by Gasteiger charge is -2.37. The molecule has 0 N–H and O–H groups in total. The Morgan fingerprint density at radius 1 is 0.964 bits per heavy atom. The first-order valence-electron chi connectivity index (χ1n) is 10.5. The van der Waals surface area contributed by atoms with Gasteiger partial charge in [-0.05, 0) is 56.0 Å². The molecule has 0 aliphatic carbocycles. The average molecular weight is 378 g/mol. The molecule has 2 aliphatic rings. The maximum absolute atomic E-state index is 12.8. The standard InChI is InChI=1S/C24H31N3O/c1-18-7-6-10-22(20(18)3)25-13-15-26(16-14-25)24(28)11-12-27-19(2)17-21-8-4-5-9-23(21)27/h4-10,19H,11-17H2,1-3H3. The number of aryl methyl sites for hydroxylation is 1. The molecule has 4 nitrogen and oxygen atoms in total. The summed E-state index contributed by atoms with van der Waals surface area (Å²) in [5, 5.41) is 0. The van der Waals surface area contributed by atoms with Crippen LogP contribution in [0, 0.1) is 13.8 Å². The zero-order chi connectivity index (χ0) is 19.7. The zero-order valence-electron chi connectivity index (χ0n) is 17.3. The number of carbonyl (C=O) groups is 1. The number of rotatable bonds is 4. The molecule has 148 valence electrons. The highest BCUT2D eigenvalue weighted by molar-refractivity contribution is 5.77. The van der Waals surface area contributed by atoms with E-state index in [1.807, 2.05) is 4.90 Å². The summed E-state index contributed by atoms with van der Waals surface area (Å²) in [5.41, 5.74) is 6.71. The summed E-state index contributed by atoms with van der Waals surface area (Å²) in [7, 11) is 0. The predicted octanol–water partition coefficient (Wildman–Crippen LogP) is 3.79. The Morgan fingerprint density at radius 3 is 2.46 bits per heavy atom. The molecule has 1 fully saturated rings. The summed E-state index contributed by atoms with van der Waals surface area (Å²) >= 11 is 0. The number of piperazine rings is 1. The maximum atomic E-state index is 12.8. The third-order valence-corrected chi connectivity index (χ3v) is 6.46. The fourth-order valence-corrected chi connectivity index (χ4v) is 4.62. The smallest absolute Gasteiger partial charge is 0.224 e. The zero-order valence-corrected chi connectivity index (χ0v) is 17.3. The maximum Gasteiger partial charge on any atom is 0.224 e. The van der Waals surface area contributed by atoms with Crippen molar-refractivity contribution in [2.45, 2.75) is 39.7 Å². The Labute approximate surface area is 168 Å². The second-order valence-corrected chi connectivity index (χ2v) is 8.21. The van der Waals surface area contributed by atoms with Crippen molar-refractivity contribution in [3.05, 3.63) is 59.2 Å². The fraction of sp³-hybridized carbons (Fsp3) is 0.458. The summed E-state index contributed by atoms with van der Waals surface area (Å²) in [4.78, 5) is 19.7. The van der Waals surface area contributed by atoms with Crippen LogP contribution < -0.4 is 9.80 Å². The number of para-hydroxylation sites is 1. The summed E-state index contributed by atoms with van der Waals surface area (Å²) in [5.74, 6) is 0.289. The number of nitrogens with zero attached hydrogens (tertiary/aromatic N) is 3. The van der Waals surface area contributed by atoms with E-state index in [2.05, 4.69) is 73.0 Å². The topological polar surface area (TPSA) is 26.8 Å². The molecular weight excluding hydrogens is 346 g/mol. The number of hydrogen-bond donors (Lipinski definition) is 0. The first kappa shape index (κ1) is 18.9. The van der Waals surface area contributed by atoms with Crippen molar-refractivity contribution in [2.24, 2.45) is 0 Å². The van der Waals surface area contributed by atoms with Crippen molar-refractivity contribution in [2.75, 3.05) is 42.5 Å². The molecule has 4 heteroatoms. The molecule has 1 amide bonds. The van der Waals surface area contributed by atoms with Crippen molar-refractivity contribution in [3.63, 3.8) is 0 Å². The third-order valence-electron chi connectivity index (χ3n) is 6.46. The molecule has 0 aromatic heterocycles. The van der Waals surface area contributed by atoms with Gasteiger partial charge in [-0.15, -0.1) is 0 Å². The van der Waals surface area contributed by atoms with E-state index in [9.17, 15) is 4.79 Å². The minimum Gasteiger partial charge on any atom is -0.368 e. The van der Waals surface area contributed by atoms with E-state index in [1.54, 1.807) is 0 Å².